The van der Waals surface area contributed by atoms with Gasteiger partial charge in [0, 0.05) is 14.5 Å². The summed E-state index contributed by atoms with van der Waals surface area (Å²) in [5, 5.41) is 9.33. The fourth-order valence-corrected chi connectivity index (χ4v) is 4.48. The van der Waals surface area contributed by atoms with Gasteiger partial charge in [0.05, 0.1) is 18.6 Å². The van der Waals surface area contributed by atoms with Crippen LogP contribution in [0.2, 0.25) is 0 Å². The van der Waals surface area contributed by atoms with E-state index in [2.05, 4.69) is 55.0 Å². The molecule has 1 heterocycles. The van der Waals surface area contributed by atoms with Crippen LogP contribution in [0.1, 0.15) is 36.9 Å². The third-order valence-electron chi connectivity index (χ3n) is 4.97. The summed E-state index contributed by atoms with van der Waals surface area (Å²) in [6.45, 7) is 4.07. The van der Waals surface area contributed by atoms with Crippen molar-refractivity contribution < 1.29 is 14.6 Å². The van der Waals surface area contributed by atoms with Crippen LogP contribution < -0.4 is 4.74 Å². The standard InChI is InChI=1S/C21H23Br2NO3/c1-2-27-19-7-6-17(23)13-18(19)20(15-4-3-5-16(22)12-15)24-10-8-14(9-11-24)21(25)26/h3-7,12-14,20H,2,8-11H2,1H3,(H,25,26). The number of piperidine rings is 1. The van der Waals surface area contributed by atoms with Crippen molar-refractivity contribution in [2.24, 2.45) is 5.92 Å². The molecule has 1 N–H and O–H groups in total. The first-order valence-electron chi connectivity index (χ1n) is 9.14. The summed E-state index contributed by atoms with van der Waals surface area (Å²) in [5.41, 5.74) is 2.26. The van der Waals surface area contributed by atoms with Crippen molar-refractivity contribution in [1.82, 2.24) is 4.90 Å². The Morgan fingerprint density at radius 2 is 1.89 bits per heavy atom. The Kier molecular flexibility index (Phi) is 6.95. The second-order valence-electron chi connectivity index (χ2n) is 6.72. The van der Waals surface area contributed by atoms with Crippen LogP contribution >= 0.6 is 31.9 Å². The van der Waals surface area contributed by atoms with E-state index in [4.69, 9.17) is 4.74 Å². The third kappa shape index (κ3) is 4.92. The first kappa shape index (κ1) is 20.4. The highest BCUT2D eigenvalue weighted by molar-refractivity contribution is 9.10. The van der Waals surface area contributed by atoms with Crippen LogP contribution in [0, 0.1) is 5.92 Å². The Labute approximate surface area is 176 Å². The van der Waals surface area contributed by atoms with Crippen LogP contribution in [0.25, 0.3) is 0 Å². The van der Waals surface area contributed by atoms with Gasteiger partial charge in [0.1, 0.15) is 5.75 Å². The van der Waals surface area contributed by atoms with Gasteiger partial charge in [-0.15, -0.1) is 0 Å². The first-order valence-corrected chi connectivity index (χ1v) is 10.7. The van der Waals surface area contributed by atoms with Gasteiger partial charge in [-0.2, -0.15) is 0 Å². The van der Waals surface area contributed by atoms with Crippen LogP contribution in [-0.4, -0.2) is 35.7 Å². The smallest absolute Gasteiger partial charge is 0.306 e. The van der Waals surface area contributed by atoms with Gasteiger partial charge in [0.2, 0.25) is 0 Å². The number of halogens is 2. The topological polar surface area (TPSA) is 49.8 Å². The van der Waals surface area contributed by atoms with E-state index in [0.29, 0.717) is 19.4 Å². The summed E-state index contributed by atoms with van der Waals surface area (Å²) in [6, 6.07) is 14.4. The van der Waals surface area contributed by atoms with Crippen LogP contribution in [0.3, 0.4) is 0 Å². The van der Waals surface area contributed by atoms with E-state index in [1.165, 1.54) is 0 Å². The van der Waals surface area contributed by atoms with Gasteiger partial charge in [-0.1, -0.05) is 44.0 Å². The third-order valence-corrected chi connectivity index (χ3v) is 5.96. The van der Waals surface area contributed by atoms with Gasteiger partial charge in [-0.25, -0.2) is 0 Å². The molecule has 1 saturated heterocycles. The molecule has 0 amide bonds. The van der Waals surface area contributed by atoms with Gasteiger partial charge in [0.25, 0.3) is 0 Å². The molecule has 3 rings (SSSR count). The Morgan fingerprint density at radius 3 is 2.52 bits per heavy atom. The van der Waals surface area contributed by atoms with Crippen molar-refractivity contribution in [2.45, 2.75) is 25.8 Å². The van der Waals surface area contributed by atoms with Crippen LogP contribution in [-0.2, 0) is 4.79 Å². The minimum Gasteiger partial charge on any atom is -0.494 e. The molecule has 4 nitrogen and oxygen atoms in total. The Bertz CT molecular complexity index is 804. The molecule has 0 aliphatic carbocycles. The molecule has 2 aromatic carbocycles. The lowest BCUT2D eigenvalue weighted by molar-refractivity contribution is -0.143. The highest BCUT2D eigenvalue weighted by Crippen LogP contribution is 2.39. The largest absolute Gasteiger partial charge is 0.494 e. The predicted molar refractivity (Wildman–Crippen MR) is 113 cm³/mol. The molecular weight excluding hydrogens is 474 g/mol. The summed E-state index contributed by atoms with van der Waals surface area (Å²) in [7, 11) is 0. The van der Waals surface area contributed by atoms with E-state index in [1.807, 2.05) is 31.2 Å². The van der Waals surface area contributed by atoms with Crippen molar-refractivity contribution >= 4 is 37.8 Å². The lowest BCUT2D eigenvalue weighted by atomic mass is 9.91. The summed E-state index contributed by atoms with van der Waals surface area (Å²) >= 11 is 7.18. The van der Waals surface area contributed by atoms with Crippen molar-refractivity contribution in [3.8, 4) is 5.75 Å². The van der Waals surface area contributed by atoms with Crippen molar-refractivity contribution in [2.75, 3.05) is 19.7 Å². The van der Waals surface area contributed by atoms with E-state index in [9.17, 15) is 9.90 Å². The van der Waals surface area contributed by atoms with E-state index >= 15 is 0 Å². The van der Waals surface area contributed by atoms with Gasteiger partial charge in [0.15, 0.2) is 0 Å². The van der Waals surface area contributed by atoms with Crippen LogP contribution in [0.5, 0.6) is 5.75 Å². The molecule has 0 saturated carbocycles. The first-order chi connectivity index (χ1) is 13.0. The zero-order chi connectivity index (χ0) is 19.4. The molecule has 1 aliphatic heterocycles. The predicted octanol–water partition coefficient (Wildman–Crippen LogP) is 5.50. The van der Waals surface area contributed by atoms with Gasteiger partial charge >= 0.3 is 5.97 Å². The number of carboxylic acid groups (broad SMARTS) is 1. The normalized spacial score (nSPS) is 16.9. The molecule has 0 radical (unpaired) electrons. The average molecular weight is 497 g/mol. The van der Waals surface area contributed by atoms with E-state index in [-0.39, 0.29) is 12.0 Å². The minimum absolute atomic E-state index is 0.0105. The van der Waals surface area contributed by atoms with Crippen molar-refractivity contribution in [3.63, 3.8) is 0 Å². The fraction of sp³-hybridized carbons (Fsp3) is 0.381. The van der Waals surface area contributed by atoms with E-state index in [1.54, 1.807) is 0 Å². The summed E-state index contributed by atoms with van der Waals surface area (Å²) < 4.78 is 7.95. The number of ether oxygens (including phenoxy) is 1. The maximum atomic E-state index is 11.3. The average Bonchev–Trinajstić information content (AvgIpc) is 2.65. The van der Waals surface area contributed by atoms with Gasteiger partial charge in [-0.05, 0) is 68.8 Å². The zero-order valence-corrected chi connectivity index (χ0v) is 18.4. The number of nitrogens with zero attached hydrogens (tertiary/aromatic N) is 1. The number of carboxylic acids is 1. The zero-order valence-electron chi connectivity index (χ0n) is 15.2. The van der Waals surface area contributed by atoms with Crippen LogP contribution in [0.4, 0.5) is 0 Å². The van der Waals surface area contributed by atoms with E-state index < -0.39 is 5.97 Å². The second-order valence-corrected chi connectivity index (χ2v) is 8.55. The maximum Gasteiger partial charge on any atom is 0.306 e. The second kappa shape index (κ2) is 9.22. The molecule has 2 aromatic rings. The van der Waals surface area contributed by atoms with Gasteiger partial charge < -0.3 is 9.84 Å². The number of rotatable bonds is 6. The molecule has 1 atom stereocenters. The quantitative estimate of drug-likeness (QED) is 0.573. The van der Waals surface area contributed by atoms with Crippen molar-refractivity contribution in [1.29, 1.82) is 0 Å². The molecule has 1 fully saturated rings. The highest BCUT2D eigenvalue weighted by atomic mass is 79.9. The molecule has 144 valence electrons. The molecule has 0 bridgehead atoms. The summed E-state index contributed by atoms with van der Waals surface area (Å²) in [6.07, 6.45) is 1.33. The lowest BCUT2D eigenvalue weighted by Gasteiger charge is -2.37. The summed E-state index contributed by atoms with van der Waals surface area (Å²) in [5.74, 6) is -0.0737. The number of aliphatic carboxylic acids is 1. The lowest BCUT2D eigenvalue weighted by Crippen LogP contribution is -2.39. The molecule has 27 heavy (non-hydrogen) atoms. The number of hydrogen-bond acceptors (Lipinski definition) is 3. The molecule has 0 spiro atoms. The molecule has 1 unspecified atom stereocenters. The van der Waals surface area contributed by atoms with Gasteiger partial charge in [-0.3, -0.25) is 9.69 Å². The maximum absolute atomic E-state index is 11.3. The Morgan fingerprint density at radius 1 is 1.19 bits per heavy atom. The Hall–Kier alpha value is -1.37. The molecule has 0 aromatic heterocycles. The van der Waals surface area contributed by atoms with Crippen molar-refractivity contribution in [3.05, 3.63) is 62.5 Å². The fourth-order valence-electron chi connectivity index (χ4n) is 3.69. The Balaban J connectivity index is 2.02. The highest BCUT2D eigenvalue weighted by Gasteiger charge is 2.31. The molecular formula is C21H23Br2NO3. The number of likely N-dealkylation sites (tertiary alicyclic amines) is 1. The molecule has 1 aliphatic rings. The van der Waals surface area contributed by atoms with E-state index in [0.717, 1.165) is 38.9 Å². The summed E-state index contributed by atoms with van der Waals surface area (Å²) in [4.78, 5) is 13.7. The number of hydrogen-bond donors (Lipinski definition) is 1. The number of benzene rings is 2. The minimum atomic E-state index is -0.689. The van der Waals surface area contributed by atoms with Crippen LogP contribution in [0.15, 0.2) is 51.4 Å². The molecule has 6 heteroatoms. The number of carbonyl (C=O) groups is 1. The SMILES string of the molecule is CCOc1ccc(Br)cc1C(c1cccc(Br)c1)N1CCC(C(=O)O)CC1. The monoisotopic (exact) mass is 495 g/mol.